The number of halogens is 1. The van der Waals surface area contributed by atoms with Gasteiger partial charge in [0.25, 0.3) is 0 Å². The standard InChI is InChI=1S/C25H28FN5O3/c1-12(2)14-6-16(7-14)34-25(32)31-20-9-15-8-17(21(26)22(27)19(15)11-29-20)18-10-30-24-23(13(18)3)28-4-5-33-24/h8-12,14,16,28H,4-7,27H2,1-3H3,(H,29,31,32). The maximum Gasteiger partial charge on any atom is 0.413 e. The van der Waals surface area contributed by atoms with Crippen LogP contribution in [0.1, 0.15) is 32.3 Å². The monoisotopic (exact) mass is 465 g/mol. The van der Waals surface area contributed by atoms with E-state index < -0.39 is 11.9 Å². The van der Waals surface area contributed by atoms with Crippen LogP contribution >= 0.6 is 0 Å². The molecule has 8 nitrogen and oxygen atoms in total. The van der Waals surface area contributed by atoms with E-state index >= 15 is 4.39 Å². The lowest BCUT2D eigenvalue weighted by Crippen LogP contribution is -2.37. The minimum atomic E-state index is -0.546. The first-order valence-corrected chi connectivity index (χ1v) is 11.5. The minimum Gasteiger partial charge on any atom is -0.474 e. The summed E-state index contributed by atoms with van der Waals surface area (Å²) in [5.74, 6) is 1.45. The molecule has 34 heavy (non-hydrogen) atoms. The van der Waals surface area contributed by atoms with E-state index in [0.29, 0.717) is 58.6 Å². The zero-order valence-electron chi connectivity index (χ0n) is 19.4. The van der Waals surface area contributed by atoms with Gasteiger partial charge in [0.15, 0.2) is 5.82 Å². The maximum atomic E-state index is 15.3. The number of amides is 1. The number of nitrogens with zero attached hydrogens (tertiary/aromatic N) is 2. The number of pyridine rings is 2. The molecule has 0 unspecified atom stereocenters. The molecule has 1 aliphatic carbocycles. The highest BCUT2D eigenvalue weighted by Gasteiger charge is 2.34. The van der Waals surface area contributed by atoms with Crippen LogP contribution in [0, 0.1) is 24.6 Å². The van der Waals surface area contributed by atoms with Crippen LogP contribution in [0.15, 0.2) is 24.5 Å². The van der Waals surface area contributed by atoms with Crippen molar-refractivity contribution in [3.05, 3.63) is 35.9 Å². The number of ether oxygens (including phenoxy) is 2. The molecule has 0 radical (unpaired) electrons. The number of carbonyl (C=O) groups is 1. The first-order valence-electron chi connectivity index (χ1n) is 11.5. The molecule has 178 valence electrons. The molecule has 2 aliphatic rings. The van der Waals surface area contributed by atoms with Crippen LogP contribution in [0.4, 0.5) is 26.4 Å². The van der Waals surface area contributed by atoms with Crippen LogP contribution in [0.3, 0.4) is 0 Å². The molecule has 0 spiro atoms. The predicted octanol–water partition coefficient (Wildman–Crippen LogP) is 5.11. The molecule has 1 saturated carbocycles. The van der Waals surface area contributed by atoms with E-state index in [9.17, 15) is 4.79 Å². The largest absolute Gasteiger partial charge is 0.474 e. The Balaban J connectivity index is 1.42. The van der Waals surface area contributed by atoms with Gasteiger partial charge in [0.05, 0.1) is 5.69 Å². The van der Waals surface area contributed by atoms with Gasteiger partial charge in [0, 0.05) is 35.5 Å². The predicted molar refractivity (Wildman–Crippen MR) is 130 cm³/mol. The molecule has 9 heteroatoms. The number of fused-ring (bicyclic) bond motifs is 2. The minimum absolute atomic E-state index is 0.00958. The second kappa shape index (κ2) is 8.62. The van der Waals surface area contributed by atoms with Crippen molar-refractivity contribution in [1.82, 2.24) is 9.97 Å². The molecule has 0 atom stereocenters. The first kappa shape index (κ1) is 22.2. The van der Waals surface area contributed by atoms with Crippen LogP contribution < -0.4 is 21.1 Å². The van der Waals surface area contributed by atoms with Crippen molar-refractivity contribution in [3.8, 4) is 17.0 Å². The molecule has 1 aliphatic heterocycles. The average molecular weight is 466 g/mol. The number of hydrogen-bond donors (Lipinski definition) is 3. The van der Waals surface area contributed by atoms with Crippen molar-refractivity contribution >= 4 is 34.1 Å². The quantitative estimate of drug-likeness (QED) is 0.459. The Morgan fingerprint density at radius 3 is 2.82 bits per heavy atom. The van der Waals surface area contributed by atoms with Crippen LogP contribution in [0.5, 0.6) is 5.88 Å². The van der Waals surface area contributed by atoms with Gasteiger partial charge in [-0.05, 0) is 54.7 Å². The smallest absolute Gasteiger partial charge is 0.413 e. The molecule has 4 N–H and O–H groups in total. The fraction of sp³-hybridized carbons (Fsp3) is 0.400. The summed E-state index contributed by atoms with van der Waals surface area (Å²) in [6.45, 7) is 7.41. The summed E-state index contributed by atoms with van der Waals surface area (Å²) in [6.07, 6.45) is 4.19. The third-order valence-electron chi connectivity index (χ3n) is 6.81. The van der Waals surface area contributed by atoms with Crippen molar-refractivity contribution < 1.29 is 18.7 Å². The van der Waals surface area contributed by atoms with E-state index in [-0.39, 0.29) is 11.8 Å². The van der Waals surface area contributed by atoms with E-state index in [4.69, 9.17) is 15.2 Å². The van der Waals surface area contributed by atoms with E-state index in [1.165, 1.54) is 6.20 Å². The van der Waals surface area contributed by atoms with Gasteiger partial charge >= 0.3 is 6.09 Å². The fourth-order valence-electron chi connectivity index (χ4n) is 4.59. The second-order valence-electron chi connectivity index (χ2n) is 9.32. The summed E-state index contributed by atoms with van der Waals surface area (Å²) in [5, 5.41) is 7.05. The molecular weight excluding hydrogens is 437 g/mol. The Hall–Kier alpha value is -3.62. The van der Waals surface area contributed by atoms with Crippen LogP contribution in [-0.4, -0.2) is 35.3 Å². The molecule has 1 amide bonds. The van der Waals surface area contributed by atoms with E-state index in [1.807, 2.05) is 6.92 Å². The van der Waals surface area contributed by atoms with Crippen molar-refractivity contribution in [1.29, 1.82) is 0 Å². The van der Waals surface area contributed by atoms with Crippen LogP contribution in [-0.2, 0) is 4.74 Å². The number of benzene rings is 1. The SMILES string of the molecule is Cc1c(-c2cc3cc(NC(=O)OC4CC(C(C)C)C4)ncc3c(N)c2F)cnc2c1NCCO2. The fourth-order valence-corrected chi connectivity index (χ4v) is 4.59. The molecule has 2 aromatic heterocycles. The number of nitrogens with one attached hydrogen (secondary N) is 2. The Morgan fingerprint density at radius 1 is 1.26 bits per heavy atom. The zero-order chi connectivity index (χ0) is 24.0. The van der Waals surface area contributed by atoms with Gasteiger partial charge < -0.3 is 20.5 Å². The molecular formula is C25H28FN5O3. The number of hydrogen-bond acceptors (Lipinski definition) is 7. The molecule has 3 heterocycles. The zero-order valence-corrected chi connectivity index (χ0v) is 19.4. The highest BCUT2D eigenvalue weighted by molar-refractivity contribution is 5.99. The summed E-state index contributed by atoms with van der Waals surface area (Å²) in [6, 6.07) is 3.36. The Labute approximate surface area is 197 Å². The molecule has 1 fully saturated rings. The van der Waals surface area contributed by atoms with Crippen molar-refractivity contribution in [3.63, 3.8) is 0 Å². The number of aromatic nitrogens is 2. The average Bonchev–Trinajstić information content (AvgIpc) is 2.79. The van der Waals surface area contributed by atoms with Crippen molar-refractivity contribution in [2.24, 2.45) is 11.8 Å². The van der Waals surface area contributed by atoms with Crippen LogP contribution in [0.2, 0.25) is 0 Å². The van der Waals surface area contributed by atoms with E-state index in [1.54, 1.807) is 18.3 Å². The normalized spacial score (nSPS) is 19.1. The topological polar surface area (TPSA) is 111 Å². The van der Waals surface area contributed by atoms with Crippen molar-refractivity contribution in [2.75, 3.05) is 29.5 Å². The second-order valence-corrected chi connectivity index (χ2v) is 9.32. The lowest BCUT2D eigenvalue weighted by atomic mass is 9.75. The van der Waals surface area contributed by atoms with Gasteiger partial charge in [-0.2, -0.15) is 0 Å². The lowest BCUT2D eigenvalue weighted by Gasteiger charge is -2.37. The molecule has 0 saturated heterocycles. The van der Waals surface area contributed by atoms with Gasteiger partial charge in [-0.15, -0.1) is 0 Å². The van der Waals surface area contributed by atoms with Gasteiger partial charge in [-0.3, -0.25) is 5.32 Å². The summed E-state index contributed by atoms with van der Waals surface area (Å²) < 4.78 is 26.4. The Bertz CT molecular complexity index is 1270. The summed E-state index contributed by atoms with van der Waals surface area (Å²) in [7, 11) is 0. The summed E-state index contributed by atoms with van der Waals surface area (Å²) in [5.41, 5.74) is 8.62. The number of carbonyl (C=O) groups excluding carboxylic acids is 1. The van der Waals surface area contributed by atoms with E-state index in [0.717, 1.165) is 24.1 Å². The lowest BCUT2D eigenvalue weighted by molar-refractivity contribution is 0.00830. The highest BCUT2D eigenvalue weighted by atomic mass is 19.1. The molecule has 0 bridgehead atoms. The first-order chi connectivity index (χ1) is 16.3. The third-order valence-corrected chi connectivity index (χ3v) is 6.81. The maximum absolute atomic E-state index is 15.3. The third kappa shape index (κ3) is 3.95. The molecule has 1 aromatic carbocycles. The number of rotatable bonds is 4. The highest BCUT2D eigenvalue weighted by Crippen LogP contribution is 2.40. The van der Waals surface area contributed by atoms with Gasteiger partial charge in [-0.1, -0.05) is 13.8 Å². The van der Waals surface area contributed by atoms with E-state index in [2.05, 4.69) is 34.4 Å². The number of nitrogen functional groups attached to an aromatic ring is 1. The number of anilines is 3. The van der Waals surface area contributed by atoms with Crippen LogP contribution in [0.25, 0.3) is 21.9 Å². The Morgan fingerprint density at radius 2 is 2.06 bits per heavy atom. The molecule has 3 aromatic rings. The summed E-state index contributed by atoms with van der Waals surface area (Å²) in [4.78, 5) is 20.9. The number of nitrogens with two attached hydrogens (primary N) is 1. The molecule has 5 rings (SSSR count). The van der Waals surface area contributed by atoms with Crippen molar-refractivity contribution in [2.45, 2.75) is 39.7 Å². The van der Waals surface area contributed by atoms with Gasteiger partial charge in [-0.25, -0.2) is 19.2 Å². The van der Waals surface area contributed by atoms with Gasteiger partial charge in [0.1, 0.15) is 24.2 Å². The summed E-state index contributed by atoms with van der Waals surface area (Å²) >= 11 is 0. The Kier molecular flexibility index (Phi) is 5.63. The van der Waals surface area contributed by atoms with Gasteiger partial charge in [0.2, 0.25) is 5.88 Å².